The molecule has 5 N–H and O–H groups in total. The molecule has 0 spiro atoms. The number of hydrogen-bond donors (Lipinski definition) is 4. The van der Waals surface area contributed by atoms with Gasteiger partial charge in [0.2, 0.25) is 0 Å². The van der Waals surface area contributed by atoms with Crippen LogP contribution in [0.4, 0.5) is 10.5 Å². The van der Waals surface area contributed by atoms with Gasteiger partial charge in [-0.3, -0.25) is 10.7 Å². The number of para-hydroxylation sites is 1. The van der Waals surface area contributed by atoms with Gasteiger partial charge < -0.3 is 11.1 Å². The number of guanidine groups is 1. The average molecular weight is 276 g/mol. The van der Waals surface area contributed by atoms with E-state index in [9.17, 15) is 4.79 Å². The Kier molecular flexibility index (Phi) is 6.56. The molecule has 110 valence electrons. The highest BCUT2D eigenvalue weighted by Gasteiger charge is 2.11. The van der Waals surface area contributed by atoms with Gasteiger partial charge in [0.1, 0.15) is 0 Å². The second-order valence-corrected chi connectivity index (χ2v) is 4.80. The van der Waals surface area contributed by atoms with Crippen molar-refractivity contribution in [2.75, 3.05) is 5.32 Å². The third kappa shape index (κ3) is 4.91. The number of nitrogens with one attached hydrogen (secondary N) is 3. The van der Waals surface area contributed by atoms with Crippen LogP contribution >= 0.6 is 0 Å². The number of carbonyl (C=O) groups is 1. The van der Waals surface area contributed by atoms with Gasteiger partial charge in [0.15, 0.2) is 5.96 Å². The molecule has 5 nitrogen and oxygen atoms in total. The molecule has 0 aliphatic rings. The maximum atomic E-state index is 11.8. The first-order valence-corrected chi connectivity index (χ1v) is 7.11. The Morgan fingerprint density at radius 1 is 1.20 bits per heavy atom. The van der Waals surface area contributed by atoms with E-state index in [2.05, 4.69) is 24.5 Å². The van der Waals surface area contributed by atoms with E-state index in [0.29, 0.717) is 0 Å². The first-order valence-electron chi connectivity index (χ1n) is 7.11. The van der Waals surface area contributed by atoms with Crippen molar-refractivity contribution >= 4 is 17.7 Å². The normalized spacial score (nSPS) is 10.1. The number of nitrogens with two attached hydrogens (primary N) is 1. The minimum Gasteiger partial charge on any atom is -0.370 e. The lowest BCUT2D eigenvalue weighted by Gasteiger charge is -2.16. The first-order chi connectivity index (χ1) is 9.58. The summed E-state index contributed by atoms with van der Waals surface area (Å²) in [5.74, 6) is -0.356. The van der Waals surface area contributed by atoms with Crippen molar-refractivity contribution in [3.8, 4) is 0 Å². The maximum absolute atomic E-state index is 11.8. The van der Waals surface area contributed by atoms with E-state index in [0.717, 1.165) is 48.9 Å². The standard InChI is InChI=1S/C15H24N4O/c1-3-5-8-12-10-6-9-11(7-4-2)13(12)18-15(20)19-14(16)17/h6,9-10H,3-5,7-8H2,1-2H3,(H5,16,17,18,19,20). The number of hydrogen-bond acceptors (Lipinski definition) is 2. The average Bonchev–Trinajstić information content (AvgIpc) is 2.38. The summed E-state index contributed by atoms with van der Waals surface area (Å²) in [5, 5.41) is 12.2. The minimum atomic E-state index is -0.459. The van der Waals surface area contributed by atoms with Gasteiger partial charge in [-0.2, -0.15) is 0 Å². The maximum Gasteiger partial charge on any atom is 0.325 e. The van der Waals surface area contributed by atoms with Crippen LogP contribution < -0.4 is 16.4 Å². The number of anilines is 1. The van der Waals surface area contributed by atoms with Gasteiger partial charge in [-0.25, -0.2) is 4.79 Å². The SMILES string of the molecule is CCCCc1cccc(CCC)c1NC(=O)NC(=N)N. The Hall–Kier alpha value is -2.04. The van der Waals surface area contributed by atoms with Crippen LogP contribution in [0.1, 0.15) is 44.2 Å². The smallest absolute Gasteiger partial charge is 0.325 e. The van der Waals surface area contributed by atoms with Gasteiger partial charge in [0, 0.05) is 5.69 Å². The van der Waals surface area contributed by atoms with Crippen molar-refractivity contribution in [1.82, 2.24) is 5.32 Å². The highest BCUT2D eigenvalue weighted by molar-refractivity contribution is 6.01. The molecular formula is C15H24N4O. The number of rotatable bonds is 6. The molecule has 0 atom stereocenters. The first kappa shape index (κ1) is 16.0. The van der Waals surface area contributed by atoms with Crippen LogP contribution in [0.3, 0.4) is 0 Å². The zero-order chi connectivity index (χ0) is 15.0. The number of benzene rings is 1. The summed E-state index contributed by atoms with van der Waals surface area (Å²) in [6.07, 6.45) is 5.05. The third-order valence-electron chi connectivity index (χ3n) is 3.04. The molecule has 0 heterocycles. The fourth-order valence-corrected chi connectivity index (χ4v) is 2.13. The second kappa shape index (κ2) is 8.19. The number of amides is 2. The predicted octanol–water partition coefficient (Wildman–Crippen LogP) is 3.00. The van der Waals surface area contributed by atoms with E-state index in [4.69, 9.17) is 11.1 Å². The zero-order valence-electron chi connectivity index (χ0n) is 12.3. The van der Waals surface area contributed by atoms with Crippen molar-refractivity contribution < 1.29 is 4.79 Å². The number of aryl methyl sites for hydroxylation is 2. The molecule has 1 rings (SSSR count). The summed E-state index contributed by atoms with van der Waals surface area (Å²) in [6.45, 7) is 4.25. The van der Waals surface area contributed by atoms with Crippen LogP contribution in [0.5, 0.6) is 0 Å². The molecule has 0 unspecified atom stereocenters. The molecule has 0 radical (unpaired) electrons. The van der Waals surface area contributed by atoms with Crippen LogP contribution in [0.15, 0.2) is 18.2 Å². The summed E-state index contributed by atoms with van der Waals surface area (Å²) in [6, 6.07) is 5.64. The fourth-order valence-electron chi connectivity index (χ4n) is 2.13. The molecule has 0 bridgehead atoms. The molecule has 0 aliphatic heterocycles. The second-order valence-electron chi connectivity index (χ2n) is 4.80. The molecular weight excluding hydrogens is 252 g/mol. The third-order valence-corrected chi connectivity index (χ3v) is 3.04. The molecule has 0 saturated carbocycles. The molecule has 1 aromatic rings. The van der Waals surface area contributed by atoms with E-state index < -0.39 is 6.03 Å². The van der Waals surface area contributed by atoms with Crippen molar-refractivity contribution in [3.05, 3.63) is 29.3 Å². The van der Waals surface area contributed by atoms with Gasteiger partial charge >= 0.3 is 6.03 Å². The summed E-state index contributed by atoms with van der Waals surface area (Å²) >= 11 is 0. The predicted molar refractivity (Wildman–Crippen MR) is 83.1 cm³/mol. The Bertz CT molecular complexity index is 471. The van der Waals surface area contributed by atoms with E-state index in [1.807, 2.05) is 18.2 Å². The van der Waals surface area contributed by atoms with Gasteiger partial charge in [-0.1, -0.05) is 44.9 Å². The lowest BCUT2D eigenvalue weighted by atomic mass is 9.99. The molecule has 0 aromatic heterocycles. The number of carbonyl (C=O) groups excluding carboxylic acids is 1. The van der Waals surface area contributed by atoms with Gasteiger partial charge in [-0.15, -0.1) is 0 Å². The van der Waals surface area contributed by atoms with Crippen molar-refractivity contribution in [3.63, 3.8) is 0 Å². The Morgan fingerprint density at radius 3 is 2.40 bits per heavy atom. The van der Waals surface area contributed by atoms with E-state index in [-0.39, 0.29) is 5.96 Å². The lowest BCUT2D eigenvalue weighted by molar-refractivity contribution is 0.256. The molecule has 0 saturated heterocycles. The largest absolute Gasteiger partial charge is 0.370 e. The highest BCUT2D eigenvalue weighted by Crippen LogP contribution is 2.24. The van der Waals surface area contributed by atoms with Gasteiger partial charge in [0.05, 0.1) is 0 Å². The molecule has 5 heteroatoms. The van der Waals surface area contributed by atoms with Crippen LogP contribution in [0.2, 0.25) is 0 Å². The Balaban J connectivity index is 2.97. The fraction of sp³-hybridized carbons (Fsp3) is 0.467. The molecule has 2 amide bonds. The molecule has 0 aliphatic carbocycles. The summed E-state index contributed by atoms with van der Waals surface area (Å²) in [5.41, 5.74) is 8.30. The molecule has 20 heavy (non-hydrogen) atoms. The monoisotopic (exact) mass is 276 g/mol. The minimum absolute atomic E-state index is 0.356. The summed E-state index contributed by atoms with van der Waals surface area (Å²) in [4.78, 5) is 11.8. The summed E-state index contributed by atoms with van der Waals surface area (Å²) in [7, 11) is 0. The molecule has 0 fully saturated rings. The van der Waals surface area contributed by atoms with Crippen LogP contribution in [0.25, 0.3) is 0 Å². The number of urea groups is 1. The quantitative estimate of drug-likeness (QED) is 0.475. The van der Waals surface area contributed by atoms with Crippen LogP contribution in [-0.2, 0) is 12.8 Å². The van der Waals surface area contributed by atoms with Crippen LogP contribution in [-0.4, -0.2) is 12.0 Å². The Morgan fingerprint density at radius 2 is 1.85 bits per heavy atom. The van der Waals surface area contributed by atoms with Gasteiger partial charge in [-0.05, 0) is 30.4 Å². The lowest BCUT2D eigenvalue weighted by Crippen LogP contribution is -2.39. The highest BCUT2D eigenvalue weighted by atomic mass is 16.2. The van der Waals surface area contributed by atoms with Crippen molar-refractivity contribution in [2.45, 2.75) is 46.0 Å². The Labute approximate surface area is 120 Å². The van der Waals surface area contributed by atoms with E-state index in [1.54, 1.807) is 0 Å². The summed E-state index contributed by atoms with van der Waals surface area (Å²) < 4.78 is 0. The van der Waals surface area contributed by atoms with Crippen molar-refractivity contribution in [1.29, 1.82) is 5.41 Å². The van der Waals surface area contributed by atoms with E-state index >= 15 is 0 Å². The van der Waals surface area contributed by atoms with Gasteiger partial charge in [0.25, 0.3) is 0 Å². The van der Waals surface area contributed by atoms with E-state index in [1.165, 1.54) is 0 Å². The zero-order valence-corrected chi connectivity index (χ0v) is 12.3. The van der Waals surface area contributed by atoms with Crippen LogP contribution in [0, 0.1) is 5.41 Å². The van der Waals surface area contributed by atoms with Crippen molar-refractivity contribution in [2.24, 2.45) is 5.73 Å². The number of unbranched alkanes of at least 4 members (excludes halogenated alkanes) is 1. The topological polar surface area (TPSA) is 91.0 Å². The molecule has 1 aromatic carbocycles.